The van der Waals surface area contributed by atoms with Gasteiger partial charge in [0.2, 0.25) is 5.91 Å². The molecule has 1 saturated carbocycles. The Hall–Kier alpha value is -3.53. The minimum atomic E-state index is -3.25. The van der Waals surface area contributed by atoms with Crippen molar-refractivity contribution in [2.24, 2.45) is 17.8 Å². The molecule has 3 fully saturated rings. The quantitative estimate of drug-likeness (QED) is 0.336. The highest BCUT2D eigenvalue weighted by molar-refractivity contribution is 6.38. The number of nitrogens with zero attached hydrogens (tertiary/aromatic N) is 2. The van der Waals surface area contributed by atoms with Crippen LogP contribution in [0.15, 0.2) is 66.7 Å². The van der Waals surface area contributed by atoms with E-state index in [0.29, 0.717) is 12.2 Å². The van der Waals surface area contributed by atoms with Gasteiger partial charge >= 0.3 is 5.97 Å². The molecular formula is C32H27Cl2F2N3O4. The van der Waals surface area contributed by atoms with E-state index in [0.717, 1.165) is 24.0 Å². The molecule has 222 valence electrons. The first kappa shape index (κ1) is 28.3. The highest BCUT2D eigenvalue weighted by Crippen LogP contribution is 2.61. The Morgan fingerprint density at radius 1 is 1.02 bits per heavy atom. The Labute approximate surface area is 256 Å². The maximum atomic E-state index is 15.2. The fraction of sp³-hybridized carbons (Fsp3) is 0.344. The second kappa shape index (κ2) is 10.0. The second-order valence-electron chi connectivity index (χ2n) is 11.9. The van der Waals surface area contributed by atoms with Gasteiger partial charge in [0.1, 0.15) is 11.5 Å². The fourth-order valence-electron chi connectivity index (χ4n) is 7.33. The van der Waals surface area contributed by atoms with Crippen LogP contribution < -0.4 is 10.2 Å². The van der Waals surface area contributed by atoms with Crippen LogP contribution in [-0.4, -0.2) is 52.8 Å². The Balaban J connectivity index is 1.38. The van der Waals surface area contributed by atoms with Gasteiger partial charge < -0.3 is 15.3 Å². The fourth-order valence-corrected chi connectivity index (χ4v) is 7.87. The predicted molar refractivity (Wildman–Crippen MR) is 158 cm³/mol. The topological polar surface area (TPSA) is 90.0 Å². The first-order valence-corrected chi connectivity index (χ1v) is 14.9. The van der Waals surface area contributed by atoms with Gasteiger partial charge in [0, 0.05) is 35.3 Å². The smallest absolute Gasteiger partial charge is 0.310 e. The van der Waals surface area contributed by atoms with E-state index in [2.05, 4.69) is 5.32 Å². The normalized spacial score (nSPS) is 27.2. The third-order valence-corrected chi connectivity index (χ3v) is 9.77. The molecule has 43 heavy (non-hydrogen) atoms. The number of carboxylic acid groups (broad SMARTS) is 1. The molecule has 0 bridgehead atoms. The molecule has 1 aliphatic carbocycles. The number of alkyl halides is 2. The van der Waals surface area contributed by atoms with Gasteiger partial charge in [-0.2, -0.15) is 0 Å². The van der Waals surface area contributed by atoms with Crippen molar-refractivity contribution in [1.29, 1.82) is 0 Å². The van der Waals surface area contributed by atoms with Crippen molar-refractivity contribution in [3.05, 3.63) is 82.3 Å². The maximum Gasteiger partial charge on any atom is 0.310 e. The zero-order chi connectivity index (χ0) is 30.3. The highest BCUT2D eigenvalue weighted by Gasteiger charge is 2.74. The standard InChI is InChI=1S/C32H27Cl2F2N3O4/c33-20-12-22-27(23(34)13-20)37-30(43)32(22)26(29(41)42)25(24-14-31(35,36)16-39(24)32)28(40)38(15-17-9-10-17)21-8-4-7-19(11-21)18-5-2-1-3-6-18/h1-8,11-13,17,24-26H,9-10,14-16H2,(H,37,43)(H,41,42)/t24-,25+,26-,32+/m1/s1. The van der Waals surface area contributed by atoms with E-state index in [1.807, 2.05) is 48.5 Å². The molecule has 4 aliphatic rings. The molecule has 0 radical (unpaired) electrons. The van der Waals surface area contributed by atoms with Crippen LogP contribution in [0.5, 0.6) is 0 Å². The van der Waals surface area contributed by atoms with Crippen LogP contribution in [0, 0.1) is 17.8 Å². The van der Waals surface area contributed by atoms with Crippen LogP contribution >= 0.6 is 23.2 Å². The van der Waals surface area contributed by atoms with E-state index in [1.54, 1.807) is 6.07 Å². The van der Waals surface area contributed by atoms with E-state index in [-0.39, 0.29) is 27.2 Å². The Morgan fingerprint density at radius 2 is 1.74 bits per heavy atom. The van der Waals surface area contributed by atoms with Gasteiger partial charge in [-0.15, -0.1) is 0 Å². The van der Waals surface area contributed by atoms with Crippen molar-refractivity contribution in [2.75, 3.05) is 23.3 Å². The average molecular weight is 626 g/mol. The summed E-state index contributed by atoms with van der Waals surface area (Å²) in [4.78, 5) is 44.6. The van der Waals surface area contributed by atoms with Crippen LogP contribution in [0.25, 0.3) is 11.1 Å². The van der Waals surface area contributed by atoms with Crippen LogP contribution in [0.4, 0.5) is 20.2 Å². The molecule has 11 heteroatoms. The van der Waals surface area contributed by atoms with Crippen molar-refractivity contribution in [1.82, 2.24) is 4.90 Å². The lowest BCUT2D eigenvalue weighted by Gasteiger charge is -2.36. The number of hydrogen-bond acceptors (Lipinski definition) is 4. The van der Waals surface area contributed by atoms with Gasteiger partial charge in [0.05, 0.1) is 23.2 Å². The van der Waals surface area contributed by atoms with Gasteiger partial charge in [-0.05, 0) is 54.2 Å². The molecule has 0 aromatic heterocycles. The van der Waals surface area contributed by atoms with Gasteiger partial charge in [-0.3, -0.25) is 19.3 Å². The number of amides is 2. The number of nitrogens with one attached hydrogen (secondary N) is 1. The summed E-state index contributed by atoms with van der Waals surface area (Å²) in [6.07, 6.45) is 1.05. The molecule has 4 atom stereocenters. The van der Waals surface area contributed by atoms with E-state index in [4.69, 9.17) is 23.2 Å². The number of fused-ring (bicyclic) bond motifs is 4. The summed E-state index contributed by atoms with van der Waals surface area (Å²) in [6, 6.07) is 18.5. The first-order valence-electron chi connectivity index (χ1n) is 14.2. The molecule has 2 saturated heterocycles. The summed E-state index contributed by atoms with van der Waals surface area (Å²) in [6.45, 7) is -0.565. The molecule has 1 spiro atoms. The zero-order valence-corrected chi connectivity index (χ0v) is 24.3. The van der Waals surface area contributed by atoms with E-state index < -0.39 is 60.1 Å². The van der Waals surface area contributed by atoms with Crippen LogP contribution in [0.3, 0.4) is 0 Å². The molecular weight excluding hydrogens is 599 g/mol. The van der Waals surface area contributed by atoms with Gasteiger partial charge in [0.15, 0.2) is 0 Å². The zero-order valence-electron chi connectivity index (χ0n) is 22.8. The van der Waals surface area contributed by atoms with Crippen molar-refractivity contribution in [3.63, 3.8) is 0 Å². The minimum Gasteiger partial charge on any atom is -0.481 e. The molecule has 7 nitrogen and oxygen atoms in total. The molecule has 3 aliphatic heterocycles. The lowest BCUT2D eigenvalue weighted by molar-refractivity contribution is -0.153. The Bertz CT molecular complexity index is 1670. The lowest BCUT2D eigenvalue weighted by Crippen LogP contribution is -2.54. The predicted octanol–water partition coefficient (Wildman–Crippen LogP) is 6.29. The summed E-state index contributed by atoms with van der Waals surface area (Å²) in [5.41, 5.74) is 0.447. The molecule has 0 unspecified atom stereocenters. The molecule has 7 rings (SSSR count). The van der Waals surface area contributed by atoms with Crippen molar-refractivity contribution in [2.45, 2.75) is 36.8 Å². The number of benzene rings is 3. The summed E-state index contributed by atoms with van der Waals surface area (Å²) in [5, 5.41) is 13.5. The van der Waals surface area contributed by atoms with Crippen LogP contribution in [0.1, 0.15) is 24.8 Å². The summed E-state index contributed by atoms with van der Waals surface area (Å²) >= 11 is 12.7. The summed E-state index contributed by atoms with van der Waals surface area (Å²) < 4.78 is 30.4. The van der Waals surface area contributed by atoms with E-state index >= 15 is 8.78 Å². The largest absolute Gasteiger partial charge is 0.481 e. The van der Waals surface area contributed by atoms with E-state index in [1.165, 1.54) is 21.9 Å². The van der Waals surface area contributed by atoms with Crippen molar-refractivity contribution in [3.8, 4) is 11.1 Å². The minimum absolute atomic E-state index is 0.0576. The number of carboxylic acids is 1. The van der Waals surface area contributed by atoms with Gasteiger partial charge in [0.25, 0.3) is 11.8 Å². The molecule has 2 N–H and O–H groups in total. The second-order valence-corrected chi connectivity index (χ2v) is 12.8. The first-order chi connectivity index (χ1) is 20.5. The molecule has 3 aromatic carbocycles. The van der Waals surface area contributed by atoms with Crippen LogP contribution in [-0.2, 0) is 19.9 Å². The number of carbonyl (C=O) groups excluding carboxylic acids is 2. The SMILES string of the molecule is O=C(O)[C@H]1[C@@H](C(=O)N(CC2CC2)c2cccc(-c3ccccc3)c2)[C@H]2CC(F)(F)CN2[C@]12C(=O)Nc1c(Cl)cc(Cl)cc12. The Kier molecular flexibility index (Phi) is 6.57. The number of hydrogen-bond donors (Lipinski definition) is 2. The third kappa shape index (κ3) is 4.43. The molecule has 3 heterocycles. The number of halogens is 4. The highest BCUT2D eigenvalue weighted by atomic mass is 35.5. The van der Waals surface area contributed by atoms with Crippen LogP contribution in [0.2, 0.25) is 10.0 Å². The number of aliphatic carboxylic acids is 1. The third-order valence-electron chi connectivity index (χ3n) is 9.26. The van der Waals surface area contributed by atoms with Crippen molar-refractivity contribution < 1.29 is 28.3 Å². The number of rotatable bonds is 6. The lowest BCUT2D eigenvalue weighted by atomic mass is 9.73. The molecule has 2 amide bonds. The average Bonchev–Trinajstić information content (AvgIpc) is 3.60. The number of carbonyl (C=O) groups is 3. The molecule has 3 aromatic rings. The number of anilines is 2. The van der Waals surface area contributed by atoms with E-state index in [9.17, 15) is 19.5 Å². The Morgan fingerprint density at radius 3 is 2.44 bits per heavy atom. The summed E-state index contributed by atoms with van der Waals surface area (Å²) in [7, 11) is 0. The van der Waals surface area contributed by atoms with Crippen molar-refractivity contribution >= 4 is 52.4 Å². The monoisotopic (exact) mass is 625 g/mol. The maximum absolute atomic E-state index is 15.2. The van der Waals surface area contributed by atoms with Gasteiger partial charge in [-0.1, -0.05) is 65.7 Å². The summed E-state index contributed by atoms with van der Waals surface area (Å²) in [5.74, 6) is -8.99. The van der Waals surface area contributed by atoms with Gasteiger partial charge in [-0.25, -0.2) is 8.78 Å².